The molecule has 1 N–H and O–H groups in total. The van der Waals surface area contributed by atoms with Gasteiger partial charge in [0.05, 0.1) is 0 Å². The van der Waals surface area contributed by atoms with E-state index in [0.29, 0.717) is 0 Å². The van der Waals surface area contributed by atoms with Crippen LogP contribution in [0.1, 0.15) is 0 Å². The SMILES string of the molecule is COC1[C]=CNO1. The Kier molecular flexibility index (Phi) is 1.29. The Balaban J connectivity index is 2.28. The van der Waals surface area contributed by atoms with E-state index in [0.717, 1.165) is 0 Å². The van der Waals surface area contributed by atoms with Crippen LogP contribution in [0.15, 0.2) is 6.20 Å². The largest absolute Gasteiger partial charge is 0.350 e. The highest BCUT2D eigenvalue weighted by atomic mass is 16.8. The van der Waals surface area contributed by atoms with Crippen LogP contribution in [-0.2, 0) is 9.57 Å². The molecule has 0 spiro atoms. The van der Waals surface area contributed by atoms with Gasteiger partial charge in [-0.3, -0.25) is 5.48 Å². The molecule has 1 atom stereocenters. The zero-order chi connectivity index (χ0) is 5.11. The third-order valence-corrected chi connectivity index (χ3v) is 0.667. The van der Waals surface area contributed by atoms with Crippen molar-refractivity contribution in [2.24, 2.45) is 0 Å². The molecule has 1 heterocycles. The fourth-order valence-electron chi connectivity index (χ4n) is 0.348. The van der Waals surface area contributed by atoms with Gasteiger partial charge in [0.2, 0.25) is 6.29 Å². The van der Waals surface area contributed by atoms with Gasteiger partial charge in [0.25, 0.3) is 0 Å². The van der Waals surface area contributed by atoms with Gasteiger partial charge in [0, 0.05) is 19.4 Å². The number of hydrogen-bond donors (Lipinski definition) is 1. The lowest BCUT2D eigenvalue weighted by molar-refractivity contribution is -0.111. The first-order chi connectivity index (χ1) is 3.43. The highest BCUT2D eigenvalue weighted by molar-refractivity contribution is 4.75. The quantitative estimate of drug-likeness (QED) is 0.495. The van der Waals surface area contributed by atoms with Gasteiger partial charge in [-0.25, -0.2) is 4.84 Å². The predicted molar refractivity (Wildman–Crippen MR) is 22.8 cm³/mol. The van der Waals surface area contributed by atoms with Crippen LogP contribution in [-0.4, -0.2) is 13.4 Å². The Hall–Kier alpha value is -0.540. The molecule has 0 fully saturated rings. The molecule has 0 aromatic rings. The summed E-state index contributed by atoms with van der Waals surface area (Å²) in [5.74, 6) is 0. The van der Waals surface area contributed by atoms with Crippen LogP contribution in [0.5, 0.6) is 0 Å². The zero-order valence-corrected chi connectivity index (χ0v) is 3.97. The normalized spacial score (nSPS) is 27.9. The van der Waals surface area contributed by atoms with Crippen molar-refractivity contribution in [3.63, 3.8) is 0 Å². The van der Waals surface area contributed by atoms with Crippen molar-refractivity contribution in [1.82, 2.24) is 5.48 Å². The fourth-order valence-corrected chi connectivity index (χ4v) is 0.348. The van der Waals surface area contributed by atoms with E-state index in [4.69, 9.17) is 0 Å². The molecule has 0 saturated carbocycles. The van der Waals surface area contributed by atoms with Crippen molar-refractivity contribution in [2.45, 2.75) is 6.29 Å². The van der Waals surface area contributed by atoms with Crippen LogP contribution in [0.4, 0.5) is 0 Å². The van der Waals surface area contributed by atoms with Crippen molar-refractivity contribution in [3.8, 4) is 0 Å². The van der Waals surface area contributed by atoms with Gasteiger partial charge >= 0.3 is 0 Å². The Morgan fingerprint density at radius 2 is 2.86 bits per heavy atom. The molecule has 1 aliphatic heterocycles. The molecule has 3 heteroatoms. The number of rotatable bonds is 1. The van der Waals surface area contributed by atoms with Gasteiger partial charge in [-0.05, 0) is 0 Å². The van der Waals surface area contributed by atoms with E-state index in [1.807, 2.05) is 0 Å². The van der Waals surface area contributed by atoms with E-state index in [1.54, 1.807) is 13.3 Å². The molecular weight excluding hydrogens is 94.0 g/mol. The third-order valence-electron chi connectivity index (χ3n) is 0.667. The summed E-state index contributed by atoms with van der Waals surface area (Å²) >= 11 is 0. The van der Waals surface area contributed by atoms with E-state index in [2.05, 4.69) is 21.1 Å². The third kappa shape index (κ3) is 0.913. The Labute approximate surface area is 41.9 Å². The molecule has 0 saturated heterocycles. The summed E-state index contributed by atoms with van der Waals surface area (Å²) in [5, 5.41) is 0. The Bertz CT molecular complexity index is 81.8. The summed E-state index contributed by atoms with van der Waals surface area (Å²) in [6.07, 6.45) is 3.97. The van der Waals surface area contributed by atoms with Crippen LogP contribution >= 0.6 is 0 Å². The highest BCUT2D eigenvalue weighted by Crippen LogP contribution is 1.95. The molecule has 1 unspecified atom stereocenters. The summed E-state index contributed by atoms with van der Waals surface area (Å²) < 4.78 is 4.68. The van der Waals surface area contributed by atoms with Crippen LogP contribution in [0.2, 0.25) is 0 Å². The van der Waals surface area contributed by atoms with E-state index in [1.165, 1.54) is 0 Å². The molecular formula is C4H6NO2. The first-order valence-corrected chi connectivity index (χ1v) is 1.95. The van der Waals surface area contributed by atoms with Gasteiger partial charge in [0.15, 0.2) is 0 Å². The molecule has 1 rings (SSSR count). The lowest BCUT2D eigenvalue weighted by Gasteiger charge is -2.00. The first kappa shape index (κ1) is 4.61. The average Bonchev–Trinajstić information content (AvgIpc) is 2.14. The second kappa shape index (κ2) is 1.95. The summed E-state index contributed by atoms with van der Waals surface area (Å²) in [7, 11) is 1.55. The number of hydroxylamine groups is 1. The lowest BCUT2D eigenvalue weighted by atomic mass is 10.6. The van der Waals surface area contributed by atoms with E-state index in [9.17, 15) is 0 Å². The summed E-state index contributed by atoms with van der Waals surface area (Å²) in [4.78, 5) is 4.66. The van der Waals surface area contributed by atoms with Crippen LogP contribution in [0.3, 0.4) is 0 Å². The van der Waals surface area contributed by atoms with Gasteiger partial charge in [-0.15, -0.1) is 0 Å². The number of methoxy groups -OCH3 is 1. The molecule has 0 bridgehead atoms. The van der Waals surface area contributed by atoms with Crippen LogP contribution < -0.4 is 5.48 Å². The van der Waals surface area contributed by atoms with E-state index < -0.39 is 0 Å². The Morgan fingerprint density at radius 3 is 3.14 bits per heavy atom. The second-order valence-electron chi connectivity index (χ2n) is 1.11. The standard InChI is InChI=1S/C4H6NO2/c1-6-4-2-3-5-7-4/h3-5H,1H3. The van der Waals surface area contributed by atoms with Crippen molar-refractivity contribution >= 4 is 0 Å². The molecule has 3 nitrogen and oxygen atoms in total. The minimum absolute atomic E-state index is 0.319. The lowest BCUT2D eigenvalue weighted by Crippen LogP contribution is -2.11. The second-order valence-corrected chi connectivity index (χ2v) is 1.11. The summed E-state index contributed by atoms with van der Waals surface area (Å²) in [6.45, 7) is 0. The molecule has 1 aliphatic rings. The van der Waals surface area contributed by atoms with Crippen molar-refractivity contribution in [1.29, 1.82) is 0 Å². The molecule has 0 aromatic heterocycles. The Morgan fingerprint density at radius 1 is 2.00 bits per heavy atom. The van der Waals surface area contributed by atoms with E-state index >= 15 is 0 Å². The molecule has 0 aromatic carbocycles. The van der Waals surface area contributed by atoms with Gasteiger partial charge in [-0.1, -0.05) is 0 Å². The van der Waals surface area contributed by atoms with Crippen LogP contribution in [0, 0.1) is 6.08 Å². The average molecular weight is 100 g/mol. The summed E-state index contributed by atoms with van der Waals surface area (Å²) in [5.41, 5.74) is 2.46. The number of hydrogen-bond acceptors (Lipinski definition) is 3. The van der Waals surface area contributed by atoms with Gasteiger partial charge < -0.3 is 4.74 Å². The van der Waals surface area contributed by atoms with Crippen molar-refractivity contribution in [2.75, 3.05) is 7.11 Å². The topological polar surface area (TPSA) is 30.5 Å². The molecule has 7 heavy (non-hydrogen) atoms. The monoisotopic (exact) mass is 100 g/mol. The van der Waals surface area contributed by atoms with Crippen molar-refractivity contribution in [3.05, 3.63) is 12.3 Å². The van der Waals surface area contributed by atoms with E-state index in [-0.39, 0.29) is 6.29 Å². The molecule has 0 amide bonds. The smallest absolute Gasteiger partial charge is 0.211 e. The number of ether oxygens (including phenoxy) is 1. The van der Waals surface area contributed by atoms with Crippen molar-refractivity contribution < 1.29 is 9.57 Å². The minimum Gasteiger partial charge on any atom is -0.350 e. The summed E-state index contributed by atoms with van der Waals surface area (Å²) in [6, 6.07) is 0. The van der Waals surface area contributed by atoms with Gasteiger partial charge in [-0.2, -0.15) is 0 Å². The maximum atomic E-state index is 4.68. The maximum Gasteiger partial charge on any atom is 0.211 e. The number of nitrogens with one attached hydrogen (secondary N) is 1. The highest BCUT2D eigenvalue weighted by Gasteiger charge is 2.05. The zero-order valence-electron chi connectivity index (χ0n) is 3.97. The molecule has 39 valence electrons. The maximum absolute atomic E-state index is 4.68. The van der Waals surface area contributed by atoms with Crippen LogP contribution in [0.25, 0.3) is 0 Å². The first-order valence-electron chi connectivity index (χ1n) is 1.95. The van der Waals surface area contributed by atoms with Gasteiger partial charge in [0.1, 0.15) is 0 Å². The molecule has 0 aliphatic carbocycles. The predicted octanol–water partition coefficient (Wildman–Crippen LogP) is -0.189. The fraction of sp³-hybridized carbons (Fsp3) is 0.500. The molecule has 1 radical (unpaired) electrons. The minimum atomic E-state index is -0.319.